The van der Waals surface area contributed by atoms with E-state index in [1.165, 1.54) is 18.3 Å². The molecule has 0 saturated heterocycles. The number of hydrogen-bond acceptors (Lipinski definition) is 4. The van der Waals surface area contributed by atoms with Crippen LogP contribution in [0.5, 0.6) is 5.88 Å². The average Bonchev–Trinajstić information content (AvgIpc) is 2.49. The second-order valence-electron chi connectivity index (χ2n) is 6.62. The van der Waals surface area contributed by atoms with E-state index in [9.17, 15) is 23.1 Å². The van der Waals surface area contributed by atoms with Gasteiger partial charge in [0.1, 0.15) is 5.56 Å². The first-order chi connectivity index (χ1) is 10.9. The number of amides is 1. The Hall–Kier alpha value is -1.83. The molecule has 5 nitrogen and oxygen atoms in total. The van der Waals surface area contributed by atoms with Crippen LogP contribution in [0.15, 0.2) is 18.3 Å². The maximum atomic E-state index is 12.3. The highest BCUT2D eigenvalue weighted by molar-refractivity contribution is 5.96. The van der Waals surface area contributed by atoms with E-state index >= 15 is 0 Å². The van der Waals surface area contributed by atoms with Gasteiger partial charge in [-0.25, -0.2) is 4.98 Å². The first-order valence-electron chi connectivity index (χ1n) is 7.55. The Morgan fingerprint density at radius 3 is 2.54 bits per heavy atom. The molecule has 1 unspecified atom stereocenters. The number of ether oxygens (including phenoxy) is 1. The number of pyridine rings is 1. The van der Waals surface area contributed by atoms with Crippen LogP contribution in [0.3, 0.4) is 0 Å². The van der Waals surface area contributed by atoms with Crippen LogP contribution in [-0.2, 0) is 0 Å². The Bertz CT molecular complexity index is 560. The van der Waals surface area contributed by atoms with Crippen molar-refractivity contribution >= 4 is 5.91 Å². The van der Waals surface area contributed by atoms with E-state index in [2.05, 4.69) is 15.0 Å². The third kappa shape index (κ3) is 5.99. The van der Waals surface area contributed by atoms with E-state index < -0.39 is 30.2 Å². The minimum Gasteiger partial charge on any atom is -0.467 e. The topological polar surface area (TPSA) is 71.5 Å². The molecular formula is C16H23F3N2O3. The Balaban J connectivity index is 2.78. The van der Waals surface area contributed by atoms with Gasteiger partial charge in [-0.15, -0.1) is 0 Å². The lowest BCUT2D eigenvalue weighted by atomic mass is 9.80. The molecule has 0 aliphatic rings. The zero-order chi connectivity index (χ0) is 18.5. The van der Waals surface area contributed by atoms with Crippen molar-refractivity contribution in [1.29, 1.82) is 0 Å². The van der Waals surface area contributed by atoms with Crippen molar-refractivity contribution in [3.05, 3.63) is 23.9 Å². The predicted molar refractivity (Wildman–Crippen MR) is 82.7 cm³/mol. The lowest BCUT2D eigenvalue weighted by molar-refractivity contribution is -0.154. The highest BCUT2D eigenvalue weighted by Gasteiger charge is 2.32. The number of carbonyl (C=O) groups excluding carboxylic acids is 1. The Morgan fingerprint density at radius 2 is 2.00 bits per heavy atom. The van der Waals surface area contributed by atoms with Gasteiger partial charge in [-0.3, -0.25) is 4.79 Å². The summed E-state index contributed by atoms with van der Waals surface area (Å²) in [5.41, 5.74) is -0.685. The molecular weight excluding hydrogens is 325 g/mol. The van der Waals surface area contributed by atoms with Crippen LogP contribution in [0, 0.1) is 11.3 Å². The Labute approximate surface area is 139 Å². The van der Waals surface area contributed by atoms with Crippen LogP contribution >= 0.6 is 0 Å². The summed E-state index contributed by atoms with van der Waals surface area (Å²) in [6.45, 7) is 5.93. The Kier molecular flexibility index (Phi) is 6.59. The molecule has 0 aliphatic carbocycles. The quantitative estimate of drug-likeness (QED) is 0.795. The number of carbonyl (C=O) groups is 1. The number of aliphatic hydroxyl groups excluding tert-OH is 1. The monoisotopic (exact) mass is 348 g/mol. The predicted octanol–water partition coefficient (Wildman–Crippen LogP) is 2.80. The molecule has 1 amide bonds. The summed E-state index contributed by atoms with van der Waals surface area (Å²) < 4.78 is 41.4. The normalized spacial score (nSPS) is 13.7. The van der Waals surface area contributed by atoms with Crippen molar-refractivity contribution in [2.75, 3.05) is 13.2 Å². The first-order valence-corrected chi connectivity index (χ1v) is 7.55. The van der Waals surface area contributed by atoms with E-state index in [1.54, 1.807) is 13.8 Å². The molecule has 0 bridgehead atoms. The molecule has 24 heavy (non-hydrogen) atoms. The van der Waals surface area contributed by atoms with Crippen molar-refractivity contribution in [3.63, 3.8) is 0 Å². The van der Waals surface area contributed by atoms with Crippen LogP contribution in [0.2, 0.25) is 0 Å². The number of rotatable bonds is 7. The summed E-state index contributed by atoms with van der Waals surface area (Å²) in [7, 11) is 0. The molecule has 136 valence electrons. The molecule has 8 heteroatoms. The molecule has 2 N–H and O–H groups in total. The Morgan fingerprint density at radius 1 is 1.38 bits per heavy atom. The molecule has 0 aromatic carbocycles. The summed E-state index contributed by atoms with van der Waals surface area (Å²) >= 11 is 0. The molecule has 1 rings (SSSR count). The summed E-state index contributed by atoms with van der Waals surface area (Å²) in [6, 6.07) is 2.77. The average molecular weight is 348 g/mol. The van der Waals surface area contributed by atoms with Crippen molar-refractivity contribution in [2.24, 2.45) is 11.3 Å². The van der Waals surface area contributed by atoms with Crippen LogP contribution in [0.25, 0.3) is 0 Å². The van der Waals surface area contributed by atoms with Crippen molar-refractivity contribution in [1.82, 2.24) is 10.3 Å². The van der Waals surface area contributed by atoms with Crippen molar-refractivity contribution in [2.45, 2.75) is 40.0 Å². The number of alkyl halides is 3. The highest BCUT2D eigenvalue weighted by Crippen LogP contribution is 2.26. The van der Waals surface area contributed by atoms with E-state index in [4.69, 9.17) is 0 Å². The van der Waals surface area contributed by atoms with Crippen LogP contribution < -0.4 is 10.1 Å². The number of nitrogens with zero attached hydrogens (tertiary/aromatic N) is 1. The number of aliphatic hydroxyl groups is 1. The third-order valence-electron chi connectivity index (χ3n) is 3.53. The molecule has 0 spiro atoms. The smallest absolute Gasteiger partial charge is 0.422 e. The van der Waals surface area contributed by atoms with Gasteiger partial charge in [-0.05, 0) is 18.1 Å². The summed E-state index contributed by atoms with van der Waals surface area (Å²) in [5.74, 6) is -0.986. The van der Waals surface area contributed by atoms with Gasteiger partial charge in [0.05, 0.1) is 6.10 Å². The number of hydrogen-bond donors (Lipinski definition) is 2. The molecule has 1 aromatic rings. The SMILES string of the molecule is CC(C)C(O)C(C)(C)CNC(=O)c1cccnc1OCC(F)(F)F. The fourth-order valence-electron chi connectivity index (χ4n) is 2.24. The minimum atomic E-state index is -4.52. The lowest BCUT2D eigenvalue weighted by Gasteiger charge is -2.33. The molecule has 0 fully saturated rings. The van der Waals surface area contributed by atoms with Crippen molar-refractivity contribution in [3.8, 4) is 5.88 Å². The minimum absolute atomic E-state index is 0.000902. The van der Waals surface area contributed by atoms with Gasteiger partial charge >= 0.3 is 6.18 Å². The molecule has 0 radical (unpaired) electrons. The van der Waals surface area contributed by atoms with Crippen LogP contribution in [0.4, 0.5) is 13.2 Å². The molecule has 1 atom stereocenters. The maximum Gasteiger partial charge on any atom is 0.422 e. The van der Waals surface area contributed by atoms with Gasteiger partial charge in [0.15, 0.2) is 6.61 Å². The van der Waals surface area contributed by atoms with Gasteiger partial charge in [-0.1, -0.05) is 27.7 Å². The molecule has 1 aromatic heterocycles. The lowest BCUT2D eigenvalue weighted by Crippen LogP contribution is -2.43. The molecule has 0 saturated carbocycles. The van der Waals surface area contributed by atoms with Gasteiger partial charge in [0.2, 0.25) is 5.88 Å². The number of halogens is 3. The van der Waals surface area contributed by atoms with E-state index in [0.717, 1.165) is 0 Å². The van der Waals surface area contributed by atoms with E-state index in [0.29, 0.717) is 0 Å². The molecule has 1 heterocycles. The largest absolute Gasteiger partial charge is 0.467 e. The second kappa shape index (κ2) is 7.83. The summed E-state index contributed by atoms with van der Waals surface area (Å²) in [5, 5.41) is 12.8. The first kappa shape index (κ1) is 20.2. The van der Waals surface area contributed by atoms with E-state index in [-0.39, 0.29) is 23.9 Å². The number of nitrogens with one attached hydrogen (secondary N) is 1. The maximum absolute atomic E-state index is 12.3. The summed E-state index contributed by atoms with van der Waals surface area (Å²) in [6.07, 6.45) is -3.92. The van der Waals surface area contributed by atoms with Gasteiger partial charge < -0.3 is 15.2 Å². The zero-order valence-electron chi connectivity index (χ0n) is 14.1. The highest BCUT2D eigenvalue weighted by atomic mass is 19.4. The summed E-state index contributed by atoms with van der Waals surface area (Å²) in [4.78, 5) is 15.9. The second-order valence-corrected chi connectivity index (χ2v) is 6.62. The zero-order valence-corrected chi connectivity index (χ0v) is 14.1. The van der Waals surface area contributed by atoms with E-state index in [1.807, 2.05) is 13.8 Å². The van der Waals surface area contributed by atoms with Gasteiger partial charge in [0, 0.05) is 18.2 Å². The van der Waals surface area contributed by atoms with Gasteiger partial charge in [0.25, 0.3) is 5.91 Å². The standard InChI is InChI=1S/C16H23F3N2O3/c1-10(2)12(22)15(3,4)8-21-13(23)11-6-5-7-20-14(11)24-9-16(17,18)19/h5-7,10,12,22H,8-9H2,1-4H3,(H,21,23). The van der Waals surface area contributed by atoms with Crippen molar-refractivity contribution < 1.29 is 27.8 Å². The number of aromatic nitrogens is 1. The van der Waals surface area contributed by atoms with Crippen LogP contribution in [0.1, 0.15) is 38.1 Å². The fraction of sp³-hybridized carbons (Fsp3) is 0.625. The molecule has 0 aliphatic heterocycles. The van der Waals surface area contributed by atoms with Gasteiger partial charge in [-0.2, -0.15) is 13.2 Å². The van der Waals surface area contributed by atoms with Crippen LogP contribution in [-0.4, -0.2) is 41.4 Å². The fourth-order valence-corrected chi connectivity index (χ4v) is 2.24. The third-order valence-corrected chi connectivity index (χ3v) is 3.53.